The average molecular weight is 402 g/mol. The summed E-state index contributed by atoms with van der Waals surface area (Å²) >= 11 is 0. The standard InChI is InChI=1S/C22H22N6O2/c1-30-14-13-28-21(25-16-6-3-2-5-15(16)22(28)29)18-7-4-12-27(18)19-9-8-17-20(26-19)24-11-10-23-17/h2-3,5-6,8-11,18H,4,7,12-14H2,1H3. The van der Waals surface area contributed by atoms with Gasteiger partial charge in [-0.3, -0.25) is 14.3 Å². The minimum atomic E-state index is -0.0409. The van der Waals surface area contributed by atoms with E-state index in [-0.39, 0.29) is 11.6 Å². The predicted molar refractivity (Wildman–Crippen MR) is 115 cm³/mol. The van der Waals surface area contributed by atoms with Crippen LogP contribution in [0.15, 0.2) is 53.6 Å². The molecule has 1 saturated heterocycles. The van der Waals surface area contributed by atoms with Crippen molar-refractivity contribution in [3.63, 3.8) is 0 Å². The maximum absolute atomic E-state index is 13.2. The molecule has 1 unspecified atom stereocenters. The first-order valence-electron chi connectivity index (χ1n) is 10.1. The van der Waals surface area contributed by atoms with Crippen molar-refractivity contribution in [2.24, 2.45) is 0 Å². The van der Waals surface area contributed by atoms with Gasteiger partial charge in [-0.15, -0.1) is 0 Å². The fourth-order valence-electron chi connectivity index (χ4n) is 4.15. The molecule has 0 aliphatic carbocycles. The lowest BCUT2D eigenvalue weighted by Crippen LogP contribution is -2.33. The van der Waals surface area contributed by atoms with Crippen molar-refractivity contribution in [1.82, 2.24) is 24.5 Å². The van der Waals surface area contributed by atoms with Crippen LogP contribution in [0.2, 0.25) is 0 Å². The maximum Gasteiger partial charge on any atom is 0.261 e. The van der Waals surface area contributed by atoms with E-state index in [1.807, 2.05) is 36.4 Å². The summed E-state index contributed by atoms with van der Waals surface area (Å²) in [4.78, 5) is 33.7. The van der Waals surface area contributed by atoms with Crippen LogP contribution in [-0.2, 0) is 11.3 Å². The fraction of sp³-hybridized carbons (Fsp3) is 0.318. The molecular weight excluding hydrogens is 380 g/mol. The molecule has 5 rings (SSSR count). The molecular formula is C22H22N6O2. The van der Waals surface area contributed by atoms with E-state index in [0.717, 1.165) is 42.1 Å². The van der Waals surface area contributed by atoms with Crippen molar-refractivity contribution in [3.8, 4) is 0 Å². The Hall–Kier alpha value is -3.39. The monoisotopic (exact) mass is 402 g/mol. The van der Waals surface area contributed by atoms with E-state index >= 15 is 0 Å². The first-order valence-corrected chi connectivity index (χ1v) is 10.1. The summed E-state index contributed by atoms with van der Waals surface area (Å²) < 4.78 is 7.02. The predicted octanol–water partition coefficient (Wildman–Crippen LogP) is 2.72. The van der Waals surface area contributed by atoms with E-state index in [0.29, 0.717) is 24.2 Å². The molecule has 0 bridgehead atoms. The molecule has 8 nitrogen and oxygen atoms in total. The van der Waals surface area contributed by atoms with Gasteiger partial charge < -0.3 is 9.64 Å². The first-order chi connectivity index (χ1) is 14.8. The molecule has 1 atom stereocenters. The molecule has 4 heterocycles. The fourth-order valence-corrected chi connectivity index (χ4v) is 4.15. The van der Waals surface area contributed by atoms with Crippen LogP contribution in [0.5, 0.6) is 0 Å². The second-order valence-electron chi connectivity index (χ2n) is 7.36. The average Bonchev–Trinajstić information content (AvgIpc) is 3.28. The highest BCUT2D eigenvalue weighted by Crippen LogP contribution is 2.35. The highest BCUT2D eigenvalue weighted by molar-refractivity contribution is 5.77. The van der Waals surface area contributed by atoms with E-state index in [1.165, 1.54) is 0 Å². The molecule has 1 aliphatic rings. The molecule has 0 N–H and O–H groups in total. The number of rotatable bonds is 5. The molecule has 3 aromatic heterocycles. The molecule has 1 aliphatic heterocycles. The summed E-state index contributed by atoms with van der Waals surface area (Å²) in [6, 6.07) is 11.4. The van der Waals surface area contributed by atoms with Crippen LogP contribution in [0, 0.1) is 0 Å². The summed E-state index contributed by atoms with van der Waals surface area (Å²) in [5.41, 5.74) is 2.06. The number of hydrogen-bond donors (Lipinski definition) is 0. The van der Waals surface area contributed by atoms with Crippen LogP contribution in [0.3, 0.4) is 0 Å². The quantitative estimate of drug-likeness (QED) is 0.507. The number of hydrogen-bond acceptors (Lipinski definition) is 7. The molecule has 0 saturated carbocycles. The Balaban J connectivity index is 1.63. The number of benzene rings is 1. The summed E-state index contributed by atoms with van der Waals surface area (Å²) in [7, 11) is 1.64. The number of nitrogens with zero attached hydrogens (tertiary/aromatic N) is 6. The highest BCUT2D eigenvalue weighted by atomic mass is 16.5. The van der Waals surface area contributed by atoms with Gasteiger partial charge in [-0.2, -0.15) is 0 Å². The summed E-state index contributed by atoms with van der Waals surface area (Å²) in [5, 5.41) is 0.626. The third-order valence-electron chi connectivity index (χ3n) is 5.57. The summed E-state index contributed by atoms with van der Waals surface area (Å²) in [6.45, 7) is 1.75. The molecule has 1 fully saturated rings. The maximum atomic E-state index is 13.2. The van der Waals surface area contributed by atoms with Crippen molar-refractivity contribution >= 4 is 27.9 Å². The number of methoxy groups -OCH3 is 1. The van der Waals surface area contributed by atoms with Crippen molar-refractivity contribution in [3.05, 3.63) is 65.0 Å². The Morgan fingerprint density at radius 3 is 2.83 bits per heavy atom. The summed E-state index contributed by atoms with van der Waals surface area (Å²) in [5.74, 6) is 1.58. The third kappa shape index (κ3) is 3.19. The third-order valence-corrected chi connectivity index (χ3v) is 5.57. The lowest BCUT2D eigenvalue weighted by molar-refractivity contribution is 0.184. The number of pyridine rings is 1. The first kappa shape index (κ1) is 18.6. The Morgan fingerprint density at radius 2 is 1.93 bits per heavy atom. The lowest BCUT2D eigenvalue weighted by Gasteiger charge is -2.27. The highest BCUT2D eigenvalue weighted by Gasteiger charge is 2.31. The van der Waals surface area contributed by atoms with E-state index in [2.05, 4.69) is 14.9 Å². The number of anilines is 1. The number of para-hydroxylation sites is 1. The topological polar surface area (TPSA) is 86.0 Å². The summed E-state index contributed by atoms with van der Waals surface area (Å²) in [6.07, 6.45) is 5.21. The van der Waals surface area contributed by atoms with Crippen molar-refractivity contribution in [2.45, 2.75) is 25.4 Å². The van der Waals surface area contributed by atoms with Crippen molar-refractivity contribution in [2.75, 3.05) is 25.2 Å². The van der Waals surface area contributed by atoms with E-state index in [4.69, 9.17) is 14.7 Å². The molecule has 0 radical (unpaired) electrons. The smallest absolute Gasteiger partial charge is 0.261 e. The molecule has 4 aromatic rings. The van der Waals surface area contributed by atoms with Crippen LogP contribution in [0.25, 0.3) is 22.1 Å². The molecule has 30 heavy (non-hydrogen) atoms. The molecule has 0 amide bonds. The zero-order valence-corrected chi connectivity index (χ0v) is 16.7. The second kappa shape index (κ2) is 7.79. The van der Waals surface area contributed by atoms with Gasteiger partial charge in [0.05, 0.1) is 30.1 Å². The van der Waals surface area contributed by atoms with Gasteiger partial charge in [0, 0.05) is 26.0 Å². The van der Waals surface area contributed by atoms with Gasteiger partial charge in [-0.25, -0.2) is 15.0 Å². The van der Waals surface area contributed by atoms with Crippen LogP contribution in [0.1, 0.15) is 24.7 Å². The number of fused-ring (bicyclic) bond motifs is 2. The zero-order valence-electron chi connectivity index (χ0n) is 16.7. The van der Waals surface area contributed by atoms with Gasteiger partial charge >= 0.3 is 0 Å². The normalized spacial score (nSPS) is 16.6. The number of ether oxygens (including phenoxy) is 1. The Kier molecular flexibility index (Phi) is 4.84. The van der Waals surface area contributed by atoms with Crippen molar-refractivity contribution < 1.29 is 4.74 Å². The Labute approximate surface area is 173 Å². The van der Waals surface area contributed by atoms with Gasteiger partial charge in [0.2, 0.25) is 0 Å². The SMILES string of the molecule is COCCn1c(C2CCCN2c2ccc3nccnc3n2)nc2ccccc2c1=O. The number of aromatic nitrogens is 5. The van der Waals surface area contributed by atoms with Crippen LogP contribution in [0.4, 0.5) is 5.82 Å². The van der Waals surface area contributed by atoms with Crippen LogP contribution < -0.4 is 10.5 Å². The minimum Gasteiger partial charge on any atom is -0.383 e. The van der Waals surface area contributed by atoms with Gasteiger partial charge in [0.15, 0.2) is 5.65 Å². The molecule has 8 heteroatoms. The van der Waals surface area contributed by atoms with Gasteiger partial charge in [0.1, 0.15) is 17.2 Å². The minimum absolute atomic E-state index is 0.0307. The second-order valence-corrected chi connectivity index (χ2v) is 7.36. The van der Waals surface area contributed by atoms with Gasteiger partial charge in [-0.05, 0) is 37.1 Å². The Bertz CT molecular complexity index is 1270. The van der Waals surface area contributed by atoms with Gasteiger partial charge in [0.25, 0.3) is 5.56 Å². The van der Waals surface area contributed by atoms with E-state index < -0.39 is 0 Å². The van der Waals surface area contributed by atoms with E-state index in [1.54, 1.807) is 24.1 Å². The van der Waals surface area contributed by atoms with Crippen molar-refractivity contribution in [1.29, 1.82) is 0 Å². The van der Waals surface area contributed by atoms with E-state index in [9.17, 15) is 4.79 Å². The largest absolute Gasteiger partial charge is 0.383 e. The van der Waals surface area contributed by atoms with Crippen LogP contribution >= 0.6 is 0 Å². The molecule has 1 aromatic carbocycles. The van der Waals surface area contributed by atoms with Gasteiger partial charge in [-0.1, -0.05) is 12.1 Å². The zero-order chi connectivity index (χ0) is 20.5. The van der Waals surface area contributed by atoms with Crippen LogP contribution in [-0.4, -0.2) is 44.8 Å². The molecule has 0 spiro atoms. The lowest BCUT2D eigenvalue weighted by atomic mass is 10.1. The Morgan fingerprint density at radius 1 is 1.07 bits per heavy atom. The molecule has 152 valence electrons.